The molecule has 0 fully saturated rings. The van der Waals surface area contributed by atoms with E-state index in [1.165, 1.54) is 24.4 Å². The Morgan fingerprint density at radius 3 is 2.90 bits per heavy atom. The topological polar surface area (TPSA) is 135 Å². The fraction of sp³-hybridized carbons (Fsp3) is 0.0625. The number of hydrogen-bond acceptors (Lipinski definition) is 8. The van der Waals surface area contributed by atoms with Crippen molar-refractivity contribution in [3.05, 3.63) is 57.7 Å². The Morgan fingerprint density at radius 1 is 1.34 bits per heavy atom. The summed E-state index contributed by atoms with van der Waals surface area (Å²) in [5.74, 6) is -1.18. The number of halogens is 3. The molecule has 13 heteroatoms. The molecule has 29 heavy (non-hydrogen) atoms. The molecular weight excluding hydrogens is 475 g/mol. The van der Waals surface area contributed by atoms with Gasteiger partial charge in [-0.1, -0.05) is 16.8 Å². The summed E-state index contributed by atoms with van der Waals surface area (Å²) in [7, 11) is 0. The van der Waals surface area contributed by atoms with Crippen molar-refractivity contribution in [3.63, 3.8) is 0 Å². The van der Waals surface area contributed by atoms with Crippen LogP contribution in [0.5, 0.6) is 5.75 Å². The average molecular weight is 486 g/mol. The molecule has 3 rings (SSSR count). The van der Waals surface area contributed by atoms with Gasteiger partial charge in [0.2, 0.25) is 11.7 Å². The van der Waals surface area contributed by atoms with Crippen LogP contribution in [0.25, 0.3) is 0 Å². The Hall–Kier alpha value is -3.25. The number of amides is 1. The van der Waals surface area contributed by atoms with Crippen molar-refractivity contribution >= 4 is 50.8 Å². The number of carbonyl (C=O) groups is 1. The zero-order valence-electron chi connectivity index (χ0n) is 14.3. The number of benzene rings is 1. The molecule has 0 radical (unpaired) electrons. The van der Waals surface area contributed by atoms with Gasteiger partial charge in [0.05, 0.1) is 4.47 Å². The van der Waals surface area contributed by atoms with Gasteiger partial charge in [-0.05, 0) is 56.6 Å². The number of pyridine rings is 1. The highest BCUT2D eigenvalue weighted by atomic mass is 79.9. The first-order valence-corrected chi connectivity index (χ1v) is 8.95. The van der Waals surface area contributed by atoms with Crippen molar-refractivity contribution in [2.24, 2.45) is 5.16 Å². The molecule has 2 aromatic heterocycles. The maximum atomic E-state index is 13.4. The minimum absolute atomic E-state index is 0.0966. The second-order valence-electron chi connectivity index (χ2n) is 5.29. The van der Waals surface area contributed by atoms with Crippen LogP contribution in [0.15, 0.2) is 50.8 Å². The van der Waals surface area contributed by atoms with Crippen LogP contribution in [0.1, 0.15) is 5.69 Å². The molecule has 0 saturated carbocycles. The molecule has 0 spiro atoms. The smallest absolute Gasteiger partial charge is 0.263 e. The van der Waals surface area contributed by atoms with Crippen molar-refractivity contribution in [1.29, 1.82) is 0 Å². The fourth-order valence-electron chi connectivity index (χ4n) is 2.06. The molecule has 0 aliphatic rings. The average Bonchev–Trinajstić information content (AvgIpc) is 3.16. The van der Waals surface area contributed by atoms with Gasteiger partial charge in [0.25, 0.3) is 5.91 Å². The van der Waals surface area contributed by atoms with Crippen LogP contribution in [0.2, 0.25) is 5.15 Å². The first-order chi connectivity index (χ1) is 14.0. The quantitative estimate of drug-likeness (QED) is 0.159. The maximum Gasteiger partial charge on any atom is 0.263 e. The van der Waals surface area contributed by atoms with Gasteiger partial charge in [-0.15, -0.1) is 0 Å². The van der Waals surface area contributed by atoms with Crippen molar-refractivity contribution in [2.75, 3.05) is 17.2 Å². The molecule has 1 aromatic carbocycles. The van der Waals surface area contributed by atoms with Gasteiger partial charge >= 0.3 is 0 Å². The normalized spacial score (nSPS) is 11.2. The van der Waals surface area contributed by atoms with Gasteiger partial charge in [-0.25, -0.2) is 14.0 Å². The largest absolute Gasteiger partial charge is 0.481 e. The highest BCUT2D eigenvalue weighted by Crippen LogP contribution is 2.22. The number of aromatic nitrogens is 3. The Labute approximate surface area is 175 Å². The molecule has 0 aliphatic heterocycles. The lowest BCUT2D eigenvalue weighted by atomic mass is 10.3. The summed E-state index contributed by atoms with van der Waals surface area (Å²) < 4.78 is 23.4. The van der Waals surface area contributed by atoms with E-state index >= 15 is 0 Å². The van der Waals surface area contributed by atoms with E-state index < -0.39 is 18.3 Å². The summed E-state index contributed by atoms with van der Waals surface area (Å²) in [5, 5.41) is 24.7. The van der Waals surface area contributed by atoms with Gasteiger partial charge in [-0.3, -0.25) is 4.79 Å². The number of anilines is 2. The van der Waals surface area contributed by atoms with E-state index in [0.717, 1.165) is 0 Å². The number of amidine groups is 1. The Balaban J connectivity index is 1.68. The van der Waals surface area contributed by atoms with Gasteiger partial charge < -0.3 is 20.6 Å². The number of hydrogen-bond donors (Lipinski definition) is 3. The third-order valence-electron chi connectivity index (χ3n) is 3.34. The van der Waals surface area contributed by atoms with E-state index in [1.54, 1.807) is 12.1 Å². The number of rotatable bonds is 6. The lowest BCUT2D eigenvalue weighted by Crippen LogP contribution is -2.23. The van der Waals surface area contributed by atoms with Crippen LogP contribution < -0.4 is 15.4 Å². The second kappa shape index (κ2) is 9.30. The van der Waals surface area contributed by atoms with Gasteiger partial charge in [0.15, 0.2) is 23.2 Å². The summed E-state index contributed by atoms with van der Waals surface area (Å²) in [6, 6.07) is 7.17. The van der Waals surface area contributed by atoms with Gasteiger partial charge in [0, 0.05) is 11.9 Å². The van der Waals surface area contributed by atoms with Crippen molar-refractivity contribution in [2.45, 2.75) is 0 Å². The van der Waals surface area contributed by atoms with Crippen LogP contribution >= 0.6 is 27.5 Å². The summed E-state index contributed by atoms with van der Waals surface area (Å²) >= 11 is 8.90. The van der Waals surface area contributed by atoms with E-state index in [0.29, 0.717) is 5.69 Å². The number of nitrogens with zero attached hydrogens (tertiary/aromatic N) is 4. The first-order valence-electron chi connectivity index (χ1n) is 7.78. The third-order valence-corrected chi connectivity index (χ3v) is 4.23. The zero-order chi connectivity index (χ0) is 20.8. The number of carbonyl (C=O) groups excluding carboxylic acids is 1. The van der Waals surface area contributed by atoms with E-state index in [-0.39, 0.29) is 32.7 Å². The Bertz CT molecular complexity index is 1060. The van der Waals surface area contributed by atoms with Crippen molar-refractivity contribution < 1.29 is 23.8 Å². The SMILES string of the molecule is O=C(COc1cccnc1Cl)Nc1nonc1C(=NO)Nc1ccc(F)c(Br)c1. The molecule has 3 aromatic rings. The second-order valence-corrected chi connectivity index (χ2v) is 6.51. The number of ether oxygens (including phenoxy) is 1. The van der Waals surface area contributed by atoms with E-state index in [4.69, 9.17) is 16.3 Å². The molecular formula is C16H11BrClFN6O4. The van der Waals surface area contributed by atoms with Crippen molar-refractivity contribution in [3.8, 4) is 5.75 Å². The van der Waals surface area contributed by atoms with Crippen LogP contribution in [0, 0.1) is 5.82 Å². The first kappa shape index (κ1) is 20.5. The third kappa shape index (κ3) is 5.18. The molecule has 150 valence electrons. The summed E-state index contributed by atoms with van der Waals surface area (Å²) in [4.78, 5) is 15.9. The molecule has 3 N–H and O–H groups in total. The van der Waals surface area contributed by atoms with E-state index in [1.807, 2.05) is 0 Å². The summed E-state index contributed by atoms with van der Waals surface area (Å²) in [6.07, 6.45) is 1.48. The molecule has 2 heterocycles. The van der Waals surface area contributed by atoms with E-state index in [2.05, 4.69) is 51.6 Å². The van der Waals surface area contributed by atoms with Crippen LogP contribution in [0.4, 0.5) is 15.9 Å². The predicted molar refractivity (Wildman–Crippen MR) is 104 cm³/mol. The molecule has 0 atom stereocenters. The molecule has 1 amide bonds. The fourth-order valence-corrected chi connectivity index (χ4v) is 2.61. The Morgan fingerprint density at radius 2 is 2.17 bits per heavy atom. The monoisotopic (exact) mass is 484 g/mol. The van der Waals surface area contributed by atoms with Crippen LogP contribution in [-0.2, 0) is 4.79 Å². The maximum absolute atomic E-state index is 13.4. The minimum Gasteiger partial charge on any atom is -0.481 e. The number of oxime groups is 1. The van der Waals surface area contributed by atoms with Gasteiger partial charge in [-0.2, -0.15) is 0 Å². The molecule has 0 saturated heterocycles. The molecule has 0 aliphatic carbocycles. The molecule has 0 bridgehead atoms. The van der Waals surface area contributed by atoms with E-state index in [9.17, 15) is 14.4 Å². The highest BCUT2D eigenvalue weighted by Gasteiger charge is 2.20. The predicted octanol–water partition coefficient (Wildman–Crippen LogP) is 3.29. The summed E-state index contributed by atoms with van der Waals surface area (Å²) in [6.45, 7) is -0.401. The standard InChI is InChI=1S/C16H11BrClFN6O4/c17-9-6-8(3-4-10(9)19)21-15(23-27)13-16(25-29-24-13)22-12(26)7-28-11-2-1-5-20-14(11)18/h1-6,27H,7H2,(H,21,23)(H,22,25,26). The number of nitrogens with one attached hydrogen (secondary N) is 2. The van der Waals surface area contributed by atoms with Gasteiger partial charge in [0.1, 0.15) is 5.82 Å². The molecule has 0 unspecified atom stereocenters. The summed E-state index contributed by atoms with van der Waals surface area (Å²) in [5.41, 5.74) is 0.279. The highest BCUT2D eigenvalue weighted by molar-refractivity contribution is 9.10. The lowest BCUT2D eigenvalue weighted by molar-refractivity contribution is -0.118. The van der Waals surface area contributed by atoms with Crippen molar-refractivity contribution in [1.82, 2.24) is 15.3 Å². The minimum atomic E-state index is -0.608. The lowest BCUT2D eigenvalue weighted by Gasteiger charge is -2.09. The van der Waals surface area contributed by atoms with Crippen LogP contribution in [-0.4, -0.2) is 38.9 Å². The zero-order valence-corrected chi connectivity index (χ0v) is 16.6. The Kier molecular flexibility index (Phi) is 6.57. The van der Waals surface area contributed by atoms with Crippen LogP contribution in [0.3, 0.4) is 0 Å². The molecule has 10 nitrogen and oxygen atoms in total.